The van der Waals surface area contributed by atoms with Gasteiger partial charge in [0.15, 0.2) is 5.82 Å². The van der Waals surface area contributed by atoms with Gasteiger partial charge in [0.05, 0.1) is 0 Å². The largest absolute Gasteiger partial charge is 0.444 e. The van der Waals surface area contributed by atoms with Crippen LogP contribution >= 0.6 is 0 Å². The molecule has 1 N–H and O–H groups in total. The van der Waals surface area contributed by atoms with Crippen LogP contribution in [0.25, 0.3) is 0 Å². The fourth-order valence-electron chi connectivity index (χ4n) is 2.65. The quantitative estimate of drug-likeness (QED) is 0.858. The van der Waals surface area contributed by atoms with Crippen LogP contribution < -0.4 is 0 Å². The first kappa shape index (κ1) is 18.4. The molecule has 1 unspecified atom stereocenters. The summed E-state index contributed by atoms with van der Waals surface area (Å²) in [7, 11) is 0. The number of amides is 1. The third-order valence-corrected chi connectivity index (χ3v) is 3.82. The maximum absolute atomic E-state index is 13.2. The molecule has 1 aliphatic heterocycles. The molecule has 1 fully saturated rings. The molecule has 0 saturated carbocycles. The van der Waals surface area contributed by atoms with E-state index in [2.05, 4.69) is 10.1 Å². The Bertz CT molecular complexity index is 621. The summed E-state index contributed by atoms with van der Waals surface area (Å²) >= 11 is 0. The first-order chi connectivity index (χ1) is 11.2. The Balaban J connectivity index is 2.08. The van der Waals surface area contributed by atoms with Crippen LogP contribution in [0, 0.1) is 11.9 Å². The van der Waals surface area contributed by atoms with E-state index in [1.165, 1.54) is 6.07 Å². The first-order valence-electron chi connectivity index (χ1n) is 8.07. The Morgan fingerprint density at radius 1 is 1.54 bits per heavy atom. The van der Waals surface area contributed by atoms with Crippen LogP contribution in [0.5, 0.6) is 0 Å². The molecule has 0 aromatic carbocycles. The molecule has 1 aliphatic rings. The molecule has 8 heteroatoms. The van der Waals surface area contributed by atoms with E-state index >= 15 is 0 Å². The highest BCUT2D eigenvalue weighted by molar-refractivity contribution is 5.87. The van der Waals surface area contributed by atoms with Gasteiger partial charge in [0.2, 0.25) is 5.95 Å². The lowest BCUT2D eigenvalue weighted by Crippen LogP contribution is -2.44. The predicted octanol–water partition coefficient (Wildman–Crippen LogP) is 2.71. The Morgan fingerprint density at radius 3 is 2.88 bits per heavy atom. The number of hydrogen-bond donors (Lipinski definition) is 1. The highest BCUT2D eigenvalue weighted by atomic mass is 19.1. The molecule has 1 atom stereocenters. The van der Waals surface area contributed by atoms with Crippen LogP contribution in [0.15, 0.2) is 11.1 Å². The van der Waals surface area contributed by atoms with Crippen molar-refractivity contribution in [1.29, 1.82) is 0 Å². The van der Waals surface area contributed by atoms with E-state index in [1.807, 2.05) is 27.7 Å². The van der Waals surface area contributed by atoms with Crippen LogP contribution in [-0.4, -0.2) is 50.3 Å². The van der Waals surface area contributed by atoms with Gasteiger partial charge in [-0.05, 0) is 40.5 Å². The van der Waals surface area contributed by atoms with Crippen molar-refractivity contribution in [2.24, 2.45) is 10.9 Å². The zero-order valence-corrected chi connectivity index (χ0v) is 14.6. The van der Waals surface area contributed by atoms with Crippen molar-refractivity contribution in [3.05, 3.63) is 12.0 Å². The second-order valence-electron chi connectivity index (χ2n) is 6.98. The summed E-state index contributed by atoms with van der Waals surface area (Å²) in [4.78, 5) is 18.3. The summed E-state index contributed by atoms with van der Waals surface area (Å²) in [6, 6.07) is 1.17. The topological polar surface area (TPSA) is 80.0 Å². The number of nitrogens with zero attached hydrogens (tertiary/aromatic N) is 4. The molecule has 1 saturated heterocycles. The first-order valence-corrected chi connectivity index (χ1v) is 8.07. The molecule has 0 spiro atoms. The fraction of sp³-hybridized carbons (Fsp3) is 0.688. The van der Waals surface area contributed by atoms with Crippen molar-refractivity contribution < 1.29 is 19.0 Å². The highest BCUT2D eigenvalue weighted by Gasteiger charge is 2.29. The van der Waals surface area contributed by atoms with Crippen LogP contribution in [0.4, 0.5) is 15.0 Å². The number of likely N-dealkylation sites (tertiary alicyclic amines) is 1. The van der Waals surface area contributed by atoms with E-state index in [1.54, 1.807) is 4.90 Å². The van der Waals surface area contributed by atoms with Gasteiger partial charge in [-0.1, -0.05) is 0 Å². The third-order valence-electron chi connectivity index (χ3n) is 3.82. The van der Waals surface area contributed by atoms with E-state index < -0.39 is 18.3 Å². The van der Waals surface area contributed by atoms with Crippen LogP contribution in [0.1, 0.15) is 40.5 Å². The summed E-state index contributed by atoms with van der Waals surface area (Å²) in [6.07, 6.45) is 1.42. The summed E-state index contributed by atoms with van der Waals surface area (Å²) in [5.74, 6) is -0.354. The van der Waals surface area contributed by atoms with Gasteiger partial charge in [0, 0.05) is 30.8 Å². The summed E-state index contributed by atoms with van der Waals surface area (Å²) in [6.45, 7) is 8.08. The molecule has 2 rings (SSSR count). The maximum atomic E-state index is 13.2. The third kappa shape index (κ3) is 4.77. The van der Waals surface area contributed by atoms with E-state index in [-0.39, 0.29) is 17.8 Å². The molecule has 1 amide bonds. The Kier molecular flexibility index (Phi) is 5.58. The summed E-state index contributed by atoms with van der Waals surface area (Å²) < 4.78 is 19.7. The monoisotopic (exact) mass is 340 g/mol. The van der Waals surface area contributed by atoms with Crippen LogP contribution in [0.2, 0.25) is 0 Å². The molecule has 1 aromatic heterocycles. The lowest BCUT2D eigenvalue weighted by molar-refractivity contribution is 0.0194. The molecular weight excluding hydrogens is 315 g/mol. The number of ether oxygens (including phenoxy) is 1. The Morgan fingerprint density at radius 2 is 2.25 bits per heavy atom. The number of carbonyl (C=O) groups excluding carboxylic acids is 1. The van der Waals surface area contributed by atoms with Gasteiger partial charge in [0.1, 0.15) is 12.3 Å². The summed E-state index contributed by atoms with van der Waals surface area (Å²) in [5.41, 5.74) is 0.246. The average molecular weight is 340 g/mol. The molecule has 134 valence electrons. The lowest BCUT2D eigenvalue weighted by Gasteiger charge is -2.34. The van der Waals surface area contributed by atoms with Gasteiger partial charge < -0.3 is 14.7 Å². The minimum Gasteiger partial charge on any atom is -0.444 e. The van der Waals surface area contributed by atoms with Gasteiger partial charge in [-0.15, -0.1) is 5.10 Å². The van der Waals surface area contributed by atoms with Gasteiger partial charge >= 0.3 is 6.09 Å². The average Bonchev–Trinajstić information content (AvgIpc) is 2.85. The van der Waals surface area contributed by atoms with Crippen molar-refractivity contribution in [1.82, 2.24) is 14.7 Å². The number of piperidine rings is 1. The van der Waals surface area contributed by atoms with Crippen LogP contribution in [-0.2, 0) is 11.5 Å². The van der Waals surface area contributed by atoms with Gasteiger partial charge in [0.25, 0.3) is 0 Å². The minimum atomic E-state index is -0.686. The molecule has 2 heterocycles. The summed E-state index contributed by atoms with van der Waals surface area (Å²) in [5, 5.41) is 12.7. The zero-order chi connectivity index (χ0) is 17.9. The van der Waals surface area contributed by atoms with Gasteiger partial charge in [-0.25, -0.2) is 14.5 Å². The number of aromatic nitrogens is 2. The molecule has 0 radical (unpaired) electrons. The Hall–Kier alpha value is -1.96. The second kappa shape index (κ2) is 7.29. The standard InChI is InChI=1S/C16H25FN4O3/c1-11(18-14-8-13(17)19-21(14)10-22)12-6-5-7-20(9-12)15(23)24-16(2,3)4/h8,12,22H,5-7,9-10H2,1-4H3. The predicted molar refractivity (Wildman–Crippen MR) is 87.7 cm³/mol. The molecular formula is C16H25FN4O3. The number of aliphatic hydroxyl groups is 1. The van der Waals surface area contributed by atoms with E-state index in [9.17, 15) is 14.3 Å². The molecule has 0 bridgehead atoms. The smallest absolute Gasteiger partial charge is 0.410 e. The molecule has 24 heavy (non-hydrogen) atoms. The SMILES string of the molecule is CC(=Nc1cc(F)nn1CO)C1CCCN(C(=O)OC(C)(C)C)C1. The molecule has 1 aromatic rings. The molecule has 7 nitrogen and oxygen atoms in total. The van der Waals surface area contributed by atoms with Gasteiger partial charge in [-0.2, -0.15) is 4.39 Å². The van der Waals surface area contributed by atoms with Crippen molar-refractivity contribution in [2.45, 2.75) is 52.9 Å². The van der Waals surface area contributed by atoms with Crippen molar-refractivity contribution in [3.63, 3.8) is 0 Å². The van der Waals surface area contributed by atoms with Crippen molar-refractivity contribution in [3.8, 4) is 0 Å². The van der Waals surface area contributed by atoms with E-state index in [4.69, 9.17) is 4.74 Å². The van der Waals surface area contributed by atoms with Gasteiger partial charge in [-0.3, -0.25) is 0 Å². The number of rotatable bonds is 3. The van der Waals surface area contributed by atoms with E-state index in [0.29, 0.717) is 13.1 Å². The van der Waals surface area contributed by atoms with Crippen molar-refractivity contribution >= 4 is 17.6 Å². The van der Waals surface area contributed by atoms with Crippen LogP contribution in [0.3, 0.4) is 0 Å². The Labute approximate surface area is 141 Å². The number of halogens is 1. The second-order valence-corrected chi connectivity index (χ2v) is 6.98. The number of aliphatic imine (C=N–C) groups is 1. The number of carbonyl (C=O) groups is 1. The molecule has 0 aliphatic carbocycles. The fourth-order valence-corrected chi connectivity index (χ4v) is 2.65. The lowest BCUT2D eigenvalue weighted by atomic mass is 9.94. The maximum Gasteiger partial charge on any atom is 0.410 e. The number of aliphatic hydroxyl groups excluding tert-OH is 1. The zero-order valence-electron chi connectivity index (χ0n) is 14.6. The number of hydrogen-bond acceptors (Lipinski definition) is 5. The highest BCUT2D eigenvalue weighted by Crippen LogP contribution is 2.23. The van der Waals surface area contributed by atoms with E-state index in [0.717, 1.165) is 23.2 Å². The normalized spacial score (nSPS) is 19.5. The van der Waals surface area contributed by atoms with Crippen molar-refractivity contribution in [2.75, 3.05) is 13.1 Å². The minimum absolute atomic E-state index is 0.0661.